The van der Waals surface area contributed by atoms with Crippen LogP contribution in [0.15, 0.2) is 12.2 Å². The molecular weight excluding hydrogens is 366 g/mol. The first-order valence-corrected chi connectivity index (χ1v) is 11.8. The zero-order valence-electron chi connectivity index (χ0n) is 17.8. The minimum atomic E-state index is -0.465. The Morgan fingerprint density at radius 3 is 2.90 bits per heavy atom. The third-order valence-electron chi connectivity index (χ3n) is 11.2. The minimum Gasteiger partial charge on any atom is -0.462 e. The first kappa shape index (κ1) is 17.7. The monoisotopic (exact) mass is 399 g/mol. The summed E-state index contributed by atoms with van der Waals surface area (Å²) >= 11 is 0. The summed E-state index contributed by atoms with van der Waals surface area (Å²) in [5, 5.41) is 11.6. The number of carbonyl (C=O) groups excluding carboxylic acids is 1. The average molecular weight is 400 g/mol. The number of carbonyl (C=O) groups is 1. The maximum absolute atomic E-state index is 12.2. The van der Waals surface area contributed by atoms with Crippen LogP contribution in [0.5, 0.6) is 0 Å². The van der Waals surface area contributed by atoms with Crippen molar-refractivity contribution in [2.24, 2.45) is 39.9 Å². The Morgan fingerprint density at radius 1 is 1.38 bits per heavy atom. The second-order valence-electron chi connectivity index (χ2n) is 11.5. The Morgan fingerprint density at radius 2 is 2.17 bits per heavy atom. The molecule has 9 bridgehead atoms. The summed E-state index contributed by atoms with van der Waals surface area (Å²) < 4.78 is 13.0. The number of hydrogen-bond acceptors (Lipinski definition) is 5. The van der Waals surface area contributed by atoms with Gasteiger partial charge in [0.25, 0.3) is 0 Å². The van der Waals surface area contributed by atoms with E-state index in [1.807, 2.05) is 0 Å². The molecule has 0 aromatic rings. The zero-order chi connectivity index (χ0) is 20.1. The van der Waals surface area contributed by atoms with Gasteiger partial charge < -0.3 is 14.6 Å². The number of esters is 1. The summed E-state index contributed by atoms with van der Waals surface area (Å²) in [5.74, 6) is 1.18. The Labute approximate surface area is 172 Å². The molecule has 4 saturated heterocycles. The van der Waals surface area contributed by atoms with Gasteiger partial charge >= 0.3 is 5.97 Å². The minimum absolute atomic E-state index is 0.0168. The number of rotatable bonds is 2. The average Bonchev–Trinajstić information content (AvgIpc) is 3.15. The molecular formula is C24H33NO4. The summed E-state index contributed by atoms with van der Waals surface area (Å²) in [6.45, 7) is 11.6. The van der Waals surface area contributed by atoms with Gasteiger partial charge in [-0.2, -0.15) is 0 Å². The number of fused-ring (bicyclic) bond motifs is 3. The number of aliphatic hydroxyl groups is 1. The molecule has 0 radical (unpaired) electrons. The Balaban J connectivity index is 1.50. The van der Waals surface area contributed by atoms with Gasteiger partial charge in [-0.15, -0.1) is 0 Å². The maximum Gasteiger partial charge on any atom is 0.302 e. The molecule has 10 aliphatic rings. The van der Waals surface area contributed by atoms with Crippen molar-refractivity contribution < 1.29 is 19.4 Å². The number of hydrogen-bond donors (Lipinski definition) is 1. The second-order valence-corrected chi connectivity index (χ2v) is 11.5. The summed E-state index contributed by atoms with van der Waals surface area (Å²) in [4.78, 5) is 14.9. The quantitative estimate of drug-likeness (QED) is 0.572. The lowest BCUT2D eigenvalue weighted by atomic mass is 9.37. The molecule has 5 heteroatoms. The van der Waals surface area contributed by atoms with Crippen LogP contribution in [0.25, 0.3) is 0 Å². The molecule has 0 aromatic heterocycles. The van der Waals surface area contributed by atoms with Gasteiger partial charge in [-0.25, -0.2) is 0 Å². The molecule has 6 saturated carbocycles. The lowest BCUT2D eigenvalue weighted by Gasteiger charge is -2.75. The SMILES string of the molecule is C=C1[C@H]2CC[C@]3([C@@H]1O)[C@H]1C[C@@H]4[C@@]5(C)CC[C@@H]6O[C@H]5N(CC)[C@H]1[C@@]64[C@H]3[C@H]2OC(C)=O. The van der Waals surface area contributed by atoms with E-state index in [-0.39, 0.29) is 52.5 Å². The topological polar surface area (TPSA) is 59.0 Å². The first-order chi connectivity index (χ1) is 13.8. The van der Waals surface area contributed by atoms with E-state index in [0.29, 0.717) is 17.9 Å². The fourth-order valence-electron chi connectivity index (χ4n) is 10.9. The highest BCUT2D eigenvalue weighted by molar-refractivity contribution is 5.66. The molecule has 4 aliphatic heterocycles. The highest BCUT2D eigenvalue weighted by Gasteiger charge is 2.90. The van der Waals surface area contributed by atoms with Crippen LogP contribution in [0, 0.1) is 39.9 Å². The summed E-state index contributed by atoms with van der Waals surface area (Å²) in [6, 6.07) is 0.456. The molecule has 5 nitrogen and oxygen atoms in total. The molecule has 2 spiro atoms. The van der Waals surface area contributed by atoms with Crippen LogP contribution < -0.4 is 0 Å². The Bertz CT molecular complexity index is 843. The van der Waals surface area contributed by atoms with Crippen LogP contribution >= 0.6 is 0 Å². The van der Waals surface area contributed by atoms with Crippen molar-refractivity contribution in [3.05, 3.63) is 12.2 Å². The number of aliphatic hydroxyl groups excluding tert-OH is 1. The van der Waals surface area contributed by atoms with Gasteiger partial charge in [-0.1, -0.05) is 20.4 Å². The lowest BCUT2D eigenvalue weighted by Crippen LogP contribution is -2.80. The van der Waals surface area contributed by atoms with Gasteiger partial charge in [0.2, 0.25) is 0 Å². The van der Waals surface area contributed by atoms with Crippen LogP contribution in [0.1, 0.15) is 52.9 Å². The Kier molecular flexibility index (Phi) is 3.02. The van der Waals surface area contributed by atoms with E-state index in [4.69, 9.17) is 9.47 Å². The highest BCUT2D eigenvalue weighted by Crippen LogP contribution is 2.86. The lowest BCUT2D eigenvalue weighted by molar-refractivity contribution is -0.380. The van der Waals surface area contributed by atoms with Crippen molar-refractivity contribution in [1.82, 2.24) is 4.90 Å². The van der Waals surface area contributed by atoms with E-state index in [2.05, 4.69) is 25.3 Å². The number of ether oxygens (including phenoxy) is 2. The van der Waals surface area contributed by atoms with Crippen molar-refractivity contribution in [2.75, 3.05) is 6.54 Å². The van der Waals surface area contributed by atoms with Crippen molar-refractivity contribution in [3.8, 4) is 0 Å². The first-order valence-electron chi connectivity index (χ1n) is 11.8. The summed E-state index contributed by atoms with van der Waals surface area (Å²) in [7, 11) is 0. The molecule has 6 aliphatic carbocycles. The van der Waals surface area contributed by atoms with Gasteiger partial charge in [-0.05, 0) is 56.1 Å². The van der Waals surface area contributed by atoms with Gasteiger partial charge in [0.1, 0.15) is 12.3 Å². The van der Waals surface area contributed by atoms with Crippen LogP contribution in [-0.4, -0.2) is 53.1 Å². The zero-order valence-corrected chi connectivity index (χ0v) is 17.8. The molecule has 10 fully saturated rings. The van der Waals surface area contributed by atoms with E-state index in [0.717, 1.165) is 31.4 Å². The summed E-state index contributed by atoms with van der Waals surface area (Å²) in [5.41, 5.74) is 0.923. The van der Waals surface area contributed by atoms with Crippen molar-refractivity contribution >= 4 is 5.97 Å². The van der Waals surface area contributed by atoms with Crippen molar-refractivity contribution in [3.63, 3.8) is 0 Å². The third kappa shape index (κ3) is 1.49. The number of nitrogens with zero attached hydrogens (tertiary/aromatic N) is 1. The molecule has 158 valence electrons. The van der Waals surface area contributed by atoms with Crippen molar-refractivity contribution in [1.29, 1.82) is 0 Å². The van der Waals surface area contributed by atoms with Crippen LogP contribution in [0.3, 0.4) is 0 Å². The largest absolute Gasteiger partial charge is 0.462 e. The van der Waals surface area contributed by atoms with Gasteiger partial charge in [-0.3, -0.25) is 9.69 Å². The molecule has 0 amide bonds. The molecule has 0 aromatic carbocycles. The van der Waals surface area contributed by atoms with Crippen molar-refractivity contribution in [2.45, 2.75) is 83.5 Å². The highest BCUT2D eigenvalue weighted by atomic mass is 16.5. The maximum atomic E-state index is 12.2. The third-order valence-corrected chi connectivity index (χ3v) is 11.2. The number of piperidine rings is 1. The predicted molar refractivity (Wildman–Crippen MR) is 106 cm³/mol. The van der Waals surface area contributed by atoms with Crippen LogP contribution in [0.2, 0.25) is 0 Å². The molecule has 29 heavy (non-hydrogen) atoms. The van der Waals surface area contributed by atoms with E-state index in [9.17, 15) is 9.90 Å². The standard InChI is InChI=1S/C24H33NO4/c1-5-25-19-14-10-15-22(4)8-7-16(29-21(22)25)24(15,19)18-17(28-12(3)26)13-6-9-23(14,18)20(27)11(13)2/h13-21,27H,2,5-10H2,1,3-4H3/t13-,14+,15-,16+,17+,18+,19-,20-,21-,22-,23+,24-/m1/s1. The van der Waals surface area contributed by atoms with E-state index in [1.165, 1.54) is 12.8 Å². The molecule has 0 unspecified atom stereocenters. The Hall–Kier alpha value is -0.910. The van der Waals surface area contributed by atoms with E-state index < -0.39 is 6.10 Å². The predicted octanol–water partition coefficient (Wildman–Crippen LogP) is 2.73. The molecule has 10 rings (SSSR count). The molecule has 1 N–H and O–H groups in total. The fraction of sp³-hybridized carbons (Fsp3) is 0.875. The van der Waals surface area contributed by atoms with E-state index >= 15 is 0 Å². The summed E-state index contributed by atoms with van der Waals surface area (Å²) in [6.07, 6.45) is 5.45. The second kappa shape index (κ2) is 4.94. The smallest absolute Gasteiger partial charge is 0.302 e. The van der Waals surface area contributed by atoms with Crippen LogP contribution in [-0.2, 0) is 14.3 Å². The molecule has 12 atom stereocenters. The van der Waals surface area contributed by atoms with Gasteiger partial charge in [0.15, 0.2) is 0 Å². The van der Waals surface area contributed by atoms with Gasteiger partial charge in [0.05, 0.1) is 12.2 Å². The fourth-order valence-corrected chi connectivity index (χ4v) is 10.9. The van der Waals surface area contributed by atoms with Gasteiger partial charge in [0, 0.05) is 41.0 Å². The van der Waals surface area contributed by atoms with Crippen LogP contribution in [0.4, 0.5) is 0 Å². The van der Waals surface area contributed by atoms with E-state index in [1.54, 1.807) is 6.92 Å². The molecule has 4 heterocycles. The normalized spacial score (nSPS) is 63.3.